The molecule has 1 aliphatic rings. The average molecular weight is 309 g/mol. The van der Waals surface area contributed by atoms with Crippen LogP contribution in [0.15, 0.2) is 12.4 Å². The van der Waals surface area contributed by atoms with Gasteiger partial charge in [-0.15, -0.1) is 12.4 Å². The Kier molecular flexibility index (Phi) is 4.17. The van der Waals surface area contributed by atoms with Gasteiger partial charge in [-0.25, -0.2) is 9.97 Å². The third kappa shape index (κ3) is 2.36. The number of halogens is 3. The Labute approximate surface area is 121 Å². The molecule has 5 nitrogen and oxygen atoms in total. The molecule has 0 amide bonds. The molecule has 2 aromatic rings. The van der Waals surface area contributed by atoms with E-state index < -0.39 is 0 Å². The number of anilines is 1. The Bertz CT molecular complexity index is 550. The lowest BCUT2D eigenvalue weighted by Crippen LogP contribution is -2.44. The quantitative estimate of drug-likeness (QED) is 0.873. The minimum Gasteiger partial charge on any atom is -0.351 e. The Morgan fingerprint density at radius 3 is 2.67 bits per heavy atom. The van der Waals surface area contributed by atoms with Gasteiger partial charge in [0.1, 0.15) is 10.3 Å². The highest BCUT2D eigenvalue weighted by Gasteiger charge is 2.17. The van der Waals surface area contributed by atoms with E-state index in [-0.39, 0.29) is 12.4 Å². The van der Waals surface area contributed by atoms with Gasteiger partial charge in [-0.2, -0.15) is 0 Å². The first kappa shape index (κ1) is 13.7. The van der Waals surface area contributed by atoms with Crippen molar-refractivity contribution in [3.05, 3.63) is 22.7 Å². The van der Waals surface area contributed by atoms with Crippen molar-refractivity contribution in [2.45, 2.75) is 0 Å². The standard InChI is InChI=1S/C10H11Cl2N5.ClH/c11-7-6-17-8(12)5-14-9(17)10(15-7)16-3-1-13-2-4-16;/h5-6,13H,1-4H2;1H. The fraction of sp³-hybridized carbons (Fsp3) is 0.400. The highest BCUT2D eigenvalue weighted by Crippen LogP contribution is 2.24. The lowest BCUT2D eigenvalue weighted by Gasteiger charge is -2.28. The van der Waals surface area contributed by atoms with Crippen LogP contribution in [0.2, 0.25) is 10.3 Å². The summed E-state index contributed by atoms with van der Waals surface area (Å²) in [4.78, 5) is 10.8. The topological polar surface area (TPSA) is 45.5 Å². The zero-order valence-electron chi connectivity index (χ0n) is 9.44. The van der Waals surface area contributed by atoms with Gasteiger partial charge in [-0.05, 0) is 0 Å². The molecule has 0 saturated carbocycles. The van der Waals surface area contributed by atoms with E-state index in [0.29, 0.717) is 10.3 Å². The summed E-state index contributed by atoms with van der Waals surface area (Å²) in [7, 11) is 0. The van der Waals surface area contributed by atoms with Gasteiger partial charge >= 0.3 is 0 Å². The number of nitrogens with one attached hydrogen (secondary N) is 1. The Balaban J connectivity index is 0.00000120. The molecule has 8 heteroatoms. The predicted molar refractivity (Wildman–Crippen MR) is 75.3 cm³/mol. The van der Waals surface area contributed by atoms with Crippen LogP contribution in [-0.4, -0.2) is 40.5 Å². The average Bonchev–Trinajstić information content (AvgIpc) is 2.72. The molecule has 0 atom stereocenters. The molecule has 0 spiro atoms. The van der Waals surface area contributed by atoms with Crippen LogP contribution >= 0.6 is 35.6 Å². The van der Waals surface area contributed by atoms with Crippen molar-refractivity contribution >= 4 is 47.1 Å². The van der Waals surface area contributed by atoms with Crippen LogP contribution in [0.4, 0.5) is 5.82 Å². The third-order valence-corrected chi connectivity index (χ3v) is 3.28. The molecule has 3 rings (SSSR count). The second-order valence-electron chi connectivity index (χ2n) is 3.90. The van der Waals surface area contributed by atoms with Crippen LogP contribution in [-0.2, 0) is 0 Å². The van der Waals surface area contributed by atoms with Crippen LogP contribution in [0.1, 0.15) is 0 Å². The van der Waals surface area contributed by atoms with E-state index in [1.807, 2.05) is 0 Å². The Morgan fingerprint density at radius 2 is 1.94 bits per heavy atom. The van der Waals surface area contributed by atoms with Crippen molar-refractivity contribution in [1.29, 1.82) is 0 Å². The predicted octanol–water partition coefficient (Wildman–Crippen LogP) is 1.87. The van der Waals surface area contributed by atoms with Gasteiger partial charge in [0.05, 0.1) is 6.20 Å². The second kappa shape index (κ2) is 5.48. The normalized spacial score (nSPS) is 15.8. The van der Waals surface area contributed by atoms with Crippen molar-refractivity contribution in [2.75, 3.05) is 31.1 Å². The molecule has 1 aliphatic heterocycles. The number of hydrogen-bond donors (Lipinski definition) is 1. The minimum absolute atomic E-state index is 0. The monoisotopic (exact) mass is 307 g/mol. The van der Waals surface area contributed by atoms with Crippen molar-refractivity contribution in [1.82, 2.24) is 19.7 Å². The number of piperazine rings is 1. The first-order valence-corrected chi connectivity index (χ1v) is 6.16. The molecule has 0 bridgehead atoms. The first-order chi connectivity index (χ1) is 8.25. The van der Waals surface area contributed by atoms with Gasteiger partial charge < -0.3 is 10.2 Å². The van der Waals surface area contributed by atoms with Gasteiger partial charge in [0.25, 0.3) is 0 Å². The molecular weight excluding hydrogens is 297 g/mol. The van der Waals surface area contributed by atoms with Gasteiger partial charge in [0, 0.05) is 32.4 Å². The van der Waals surface area contributed by atoms with Crippen LogP contribution in [0, 0.1) is 0 Å². The third-order valence-electron chi connectivity index (χ3n) is 2.82. The van der Waals surface area contributed by atoms with Crippen molar-refractivity contribution in [2.24, 2.45) is 0 Å². The van der Waals surface area contributed by atoms with Crippen LogP contribution in [0.3, 0.4) is 0 Å². The zero-order chi connectivity index (χ0) is 11.8. The molecule has 0 aromatic carbocycles. The summed E-state index contributed by atoms with van der Waals surface area (Å²) in [6.07, 6.45) is 3.29. The van der Waals surface area contributed by atoms with Gasteiger partial charge in [-0.1, -0.05) is 23.2 Å². The number of rotatable bonds is 1. The van der Waals surface area contributed by atoms with Gasteiger partial charge in [0.2, 0.25) is 0 Å². The van der Waals surface area contributed by atoms with E-state index in [1.54, 1.807) is 16.8 Å². The number of imidazole rings is 1. The molecular formula is C10H12Cl3N5. The number of hydrogen-bond acceptors (Lipinski definition) is 4. The van der Waals surface area contributed by atoms with Crippen molar-refractivity contribution < 1.29 is 0 Å². The zero-order valence-corrected chi connectivity index (χ0v) is 11.8. The van der Waals surface area contributed by atoms with E-state index in [4.69, 9.17) is 23.2 Å². The van der Waals surface area contributed by atoms with Crippen LogP contribution in [0.25, 0.3) is 5.65 Å². The molecule has 18 heavy (non-hydrogen) atoms. The summed E-state index contributed by atoms with van der Waals surface area (Å²) >= 11 is 12.0. The van der Waals surface area contributed by atoms with Gasteiger partial charge in [0.15, 0.2) is 11.5 Å². The van der Waals surface area contributed by atoms with E-state index in [2.05, 4.69) is 20.2 Å². The lowest BCUT2D eigenvalue weighted by atomic mass is 10.3. The molecule has 0 aliphatic carbocycles. The maximum Gasteiger partial charge on any atom is 0.181 e. The molecule has 3 heterocycles. The molecule has 0 radical (unpaired) electrons. The largest absolute Gasteiger partial charge is 0.351 e. The van der Waals surface area contributed by atoms with Gasteiger partial charge in [-0.3, -0.25) is 4.40 Å². The maximum absolute atomic E-state index is 6.04. The highest BCUT2D eigenvalue weighted by molar-refractivity contribution is 6.31. The second-order valence-corrected chi connectivity index (χ2v) is 4.67. The van der Waals surface area contributed by atoms with Crippen LogP contribution < -0.4 is 10.2 Å². The molecule has 98 valence electrons. The molecule has 1 N–H and O–H groups in total. The number of nitrogens with zero attached hydrogens (tertiary/aromatic N) is 4. The van der Waals surface area contributed by atoms with Crippen LogP contribution in [0.5, 0.6) is 0 Å². The summed E-state index contributed by atoms with van der Waals surface area (Å²) < 4.78 is 1.76. The van der Waals surface area contributed by atoms with Crippen molar-refractivity contribution in [3.8, 4) is 0 Å². The highest BCUT2D eigenvalue weighted by atomic mass is 35.5. The minimum atomic E-state index is 0. The lowest BCUT2D eigenvalue weighted by molar-refractivity contribution is 0.585. The fourth-order valence-electron chi connectivity index (χ4n) is 2.00. The maximum atomic E-state index is 6.04. The van der Waals surface area contributed by atoms with E-state index in [0.717, 1.165) is 37.6 Å². The molecule has 1 fully saturated rings. The van der Waals surface area contributed by atoms with E-state index in [9.17, 15) is 0 Å². The summed E-state index contributed by atoms with van der Waals surface area (Å²) in [5.74, 6) is 0.797. The fourth-order valence-corrected chi connectivity index (χ4v) is 2.36. The first-order valence-electron chi connectivity index (χ1n) is 5.40. The number of aromatic nitrogens is 3. The summed E-state index contributed by atoms with van der Waals surface area (Å²) in [5, 5.41) is 4.26. The summed E-state index contributed by atoms with van der Waals surface area (Å²) in [5.41, 5.74) is 0.751. The number of fused-ring (bicyclic) bond motifs is 1. The smallest absolute Gasteiger partial charge is 0.181 e. The molecule has 0 unspecified atom stereocenters. The summed E-state index contributed by atoms with van der Waals surface area (Å²) in [6, 6.07) is 0. The summed E-state index contributed by atoms with van der Waals surface area (Å²) in [6.45, 7) is 3.67. The molecule has 1 saturated heterocycles. The van der Waals surface area contributed by atoms with Crippen molar-refractivity contribution in [3.63, 3.8) is 0 Å². The molecule has 2 aromatic heterocycles. The Hall–Kier alpha value is -0.750. The van der Waals surface area contributed by atoms with E-state index >= 15 is 0 Å². The Morgan fingerprint density at radius 1 is 1.22 bits per heavy atom. The van der Waals surface area contributed by atoms with E-state index in [1.165, 1.54) is 0 Å². The SMILES string of the molecule is Cl.Clc1cn2c(Cl)cnc2c(N2CCNCC2)n1.